The topological polar surface area (TPSA) is 62.5 Å². The summed E-state index contributed by atoms with van der Waals surface area (Å²) in [7, 11) is 0. The number of aryl methyl sites for hydroxylation is 1. The largest absolute Gasteiger partial charge is 0.369 e. The Morgan fingerprint density at radius 1 is 1.17 bits per heavy atom. The van der Waals surface area contributed by atoms with E-state index in [0.717, 1.165) is 36.5 Å². The first-order chi connectivity index (χ1) is 14.5. The SMILES string of the molecule is Cc1ccc2nc(C3=Cc4ccc(N5CCN[C@@H](C)C5)cc4C(C)CC3=O)cn2n1. The summed E-state index contributed by atoms with van der Waals surface area (Å²) >= 11 is 0. The summed E-state index contributed by atoms with van der Waals surface area (Å²) in [4.78, 5) is 20.2. The predicted octanol–water partition coefficient (Wildman–Crippen LogP) is 3.45. The summed E-state index contributed by atoms with van der Waals surface area (Å²) in [6, 6.07) is 11.0. The number of anilines is 1. The molecule has 154 valence electrons. The van der Waals surface area contributed by atoms with Gasteiger partial charge in [0.05, 0.1) is 17.6 Å². The molecule has 0 spiro atoms. The molecule has 1 unspecified atom stereocenters. The van der Waals surface area contributed by atoms with Gasteiger partial charge in [0, 0.05) is 43.4 Å². The van der Waals surface area contributed by atoms with Crippen molar-refractivity contribution >= 4 is 28.8 Å². The van der Waals surface area contributed by atoms with E-state index in [4.69, 9.17) is 0 Å². The minimum Gasteiger partial charge on any atom is -0.369 e. The van der Waals surface area contributed by atoms with Crippen LogP contribution >= 0.6 is 0 Å². The number of aromatic nitrogens is 3. The van der Waals surface area contributed by atoms with E-state index in [1.165, 1.54) is 11.3 Å². The summed E-state index contributed by atoms with van der Waals surface area (Å²) in [5, 5.41) is 7.97. The second-order valence-electron chi connectivity index (χ2n) is 8.60. The van der Waals surface area contributed by atoms with E-state index in [9.17, 15) is 4.79 Å². The average molecular weight is 402 g/mol. The fourth-order valence-electron chi connectivity index (χ4n) is 4.54. The van der Waals surface area contributed by atoms with E-state index in [2.05, 4.69) is 52.3 Å². The number of rotatable bonds is 2. The standard InChI is InChI=1S/C24H27N5O/c1-15-10-23(30)21(22-14-29-24(26-22)7-4-16(2)27-29)11-18-5-6-19(12-20(15)18)28-9-8-25-17(3)13-28/h4-7,11-12,14-15,17,25H,8-10,13H2,1-3H3/t15?,17-/m0/s1. The maximum atomic E-state index is 13.1. The van der Waals surface area contributed by atoms with E-state index >= 15 is 0 Å². The van der Waals surface area contributed by atoms with Gasteiger partial charge in [0.2, 0.25) is 0 Å². The third-order valence-electron chi connectivity index (χ3n) is 6.16. The number of nitrogens with one attached hydrogen (secondary N) is 1. The maximum Gasteiger partial charge on any atom is 0.165 e. The summed E-state index contributed by atoms with van der Waals surface area (Å²) < 4.78 is 1.75. The summed E-state index contributed by atoms with van der Waals surface area (Å²) in [6.07, 6.45) is 4.36. The predicted molar refractivity (Wildman–Crippen MR) is 120 cm³/mol. The monoisotopic (exact) mass is 401 g/mol. The molecule has 1 aliphatic heterocycles. The lowest BCUT2D eigenvalue weighted by Gasteiger charge is -2.34. The number of hydrogen-bond donors (Lipinski definition) is 1. The first-order valence-electron chi connectivity index (χ1n) is 10.7. The minimum absolute atomic E-state index is 0.135. The molecule has 1 aromatic carbocycles. The van der Waals surface area contributed by atoms with Crippen molar-refractivity contribution in [3.05, 3.63) is 59.0 Å². The van der Waals surface area contributed by atoms with Gasteiger partial charge in [-0.1, -0.05) is 13.0 Å². The van der Waals surface area contributed by atoms with Gasteiger partial charge in [0.1, 0.15) is 0 Å². The Morgan fingerprint density at radius 2 is 2.03 bits per heavy atom. The zero-order chi connectivity index (χ0) is 20.8. The number of piperazine rings is 1. The van der Waals surface area contributed by atoms with E-state index in [0.29, 0.717) is 23.7 Å². The number of imidazole rings is 1. The Labute approximate surface area is 176 Å². The highest BCUT2D eigenvalue weighted by Gasteiger charge is 2.25. The molecular weight excluding hydrogens is 374 g/mol. The Morgan fingerprint density at radius 3 is 2.87 bits per heavy atom. The van der Waals surface area contributed by atoms with Crippen molar-refractivity contribution in [2.45, 2.75) is 39.2 Å². The van der Waals surface area contributed by atoms with Gasteiger partial charge in [-0.05, 0) is 61.2 Å². The lowest BCUT2D eigenvalue weighted by Crippen LogP contribution is -2.49. The average Bonchev–Trinajstić information content (AvgIpc) is 3.09. The molecule has 2 atom stereocenters. The maximum absolute atomic E-state index is 13.1. The van der Waals surface area contributed by atoms with Crippen molar-refractivity contribution in [2.24, 2.45) is 0 Å². The van der Waals surface area contributed by atoms with Crippen LogP contribution in [0.25, 0.3) is 17.3 Å². The van der Waals surface area contributed by atoms with E-state index in [1.54, 1.807) is 4.52 Å². The number of nitrogens with zero attached hydrogens (tertiary/aromatic N) is 4. The Kier molecular flexibility index (Phi) is 4.66. The lowest BCUT2D eigenvalue weighted by atomic mass is 9.93. The molecule has 0 radical (unpaired) electrons. The molecule has 2 aliphatic rings. The lowest BCUT2D eigenvalue weighted by molar-refractivity contribution is -0.113. The van der Waals surface area contributed by atoms with Gasteiger partial charge in [-0.2, -0.15) is 5.10 Å². The first-order valence-corrected chi connectivity index (χ1v) is 10.7. The number of benzene rings is 1. The molecule has 30 heavy (non-hydrogen) atoms. The van der Waals surface area contributed by atoms with Crippen LogP contribution in [0.15, 0.2) is 36.5 Å². The molecule has 0 saturated carbocycles. The zero-order valence-electron chi connectivity index (χ0n) is 17.7. The molecule has 1 fully saturated rings. The van der Waals surface area contributed by atoms with Crippen LogP contribution in [0.3, 0.4) is 0 Å². The molecule has 0 amide bonds. The van der Waals surface area contributed by atoms with Crippen LogP contribution in [0.1, 0.15) is 48.7 Å². The third-order valence-corrected chi connectivity index (χ3v) is 6.16. The Hall–Kier alpha value is -2.99. The number of carbonyl (C=O) groups excluding carboxylic acids is 1. The van der Waals surface area contributed by atoms with Gasteiger partial charge in [0.25, 0.3) is 0 Å². The molecule has 3 heterocycles. The van der Waals surface area contributed by atoms with Crippen molar-refractivity contribution < 1.29 is 4.79 Å². The van der Waals surface area contributed by atoms with Crippen LogP contribution in [-0.4, -0.2) is 46.1 Å². The second-order valence-corrected chi connectivity index (χ2v) is 8.60. The molecule has 6 nitrogen and oxygen atoms in total. The van der Waals surface area contributed by atoms with Crippen LogP contribution < -0.4 is 10.2 Å². The molecule has 2 aromatic heterocycles. The van der Waals surface area contributed by atoms with Gasteiger partial charge in [-0.15, -0.1) is 0 Å². The first kappa shape index (κ1) is 19.0. The molecule has 5 rings (SSSR count). The van der Waals surface area contributed by atoms with Gasteiger partial charge >= 0.3 is 0 Å². The van der Waals surface area contributed by atoms with Gasteiger partial charge < -0.3 is 10.2 Å². The van der Waals surface area contributed by atoms with Crippen LogP contribution in [0.2, 0.25) is 0 Å². The summed E-state index contributed by atoms with van der Waals surface area (Å²) in [6.45, 7) is 9.32. The van der Waals surface area contributed by atoms with Crippen LogP contribution in [0, 0.1) is 6.92 Å². The van der Waals surface area contributed by atoms with E-state index in [-0.39, 0.29) is 11.7 Å². The molecule has 3 aromatic rings. The molecule has 1 aliphatic carbocycles. The number of carbonyl (C=O) groups is 1. The zero-order valence-corrected chi connectivity index (χ0v) is 17.7. The number of hydrogen-bond acceptors (Lipinski definition) is 5. The molecular formula is C24H27N5O. The van der Waals surface area contributed by atoms with E-state index < -0.39 is 0 Å². The highest BCUT2D eigenvalue weighted by atomic mass is 16.1. The summed E-state index contributed by atoms with van der Waals surface area (Å²) in [5.74, 6) is 0.301. The number of allylic oxidation sites excluding steroid dienone is 1. The number of fused-ring (bicyclic) bond motifs is 2. The minimum atomic E-state index is 0.135. The molecule has 6 heteroatoms. The Balaban J connectivity index is 1.55. The fourth-order valence-corrected chi connectivity index (χ4v) is 4.54. The van der Waals surface area contributed by atoms with Gasteiger partial charge in [0.15, 0.2) is 11.4 Å². The van der Waals surface area contributed by atoms with Crippen LogP contribution in [0.5, 0.6) is 0 Å². The molecule has 1 saturated heterocycles. The molecule has 1 N–H and O–H groups in total. The highest BCUT2D eigenvalue weighted by molar-refractivity contribution is 6.25. The second kappa shape index (κ2) is 7.36. The smallest absolute Gasteiger partial charge is 0.165 e. The fraction of sp³-hybridized carbons (Fsp3) is 0.375. The summed E-state index contributed by atoms with van der Waals surface area (Å²) in [5.41, 5.74) is 6.62. The van der Waals surface area contributed by atoms with Gasteiger partial charge in [-0.25, -0.2) is 9.50 Å². The quantitative estimate of drug-likeness (QED) is 0.713. The van der Waals surface area contributed by atoms with E-state index in [1.807, 2.05) is 31.3 Å². The van der Waals surface area contributed by atoms with Gasteiger partial charge in [-0.3, -0.25) is 4.79 Å². The van der Waals surface area contributed by atoms with Crippen molar-refractivity contribution in [1.29, 1.82) is 0 Å². The van der Waals surface area contributed by atoms with Crippen LogP contribution in [0.4, 0.5) is 5.69 Å². The van der Waals surface area contributed by atoms with Crippen molar-refractivity contribution in [3.8, 4) is 0 Å². The number of Topliss-reactive ketones (excluding diaryl/α,β-unsaturated/α-hetero) is 1. The van der Waals surface area contributed by atoms with Crippen molar-refractivity contribution in [2.75, 3.05) is 24.5 Å². The molecule has 0 bridgehead atoms. The normalized spacial score (nSPS) is 22.0. The third kappa shape index (κ3) is 3.41. The van der Waals surface area contributed by atoms with Crippen molar-refractivity contribution in [1.82, 2.24) is 19.9 Å². The highest BCUT2D eigenvalue weighted by Crippen LogP contribution is 2.35. The Bertz CT molecular complexity index is 1160. The van der Waals surface area contributed by atoms with Crippen molar-refractivity contribution in [3.63, 3.8) is 0 Å². The van der Waals surface area contributed by atoms with Crippen LogP contribution in [-0.2, 0) is 4.79 Å². The number of ketones is 1.